The van der Waals surface area contributed by atoms with E-state index in [1.807, 2.05) is 16.0 Å². The topological polar surface area (TPSA) is 46.4 Å². The first-order chi connectivity index (χ1) is 10.2. The second-order valence-corrected chi connectivity index (χ2v) is 5.50. The summed E-state index contributed by atoms with van der Waals surface area (Å²) in [6.45, 7) is 0. The molecule has 2 aromatic heterocycles. The van der Waals surface area contributed by atoms with Gasteiger partial charge in [-0.15, -0.1) is 11.3 Å². The van der Waals surface area contributed by atoms with Crippen LogP contribution in [0.5, 0.6) is 0 Å². The number of aryl methyl sites for hydroxylation is 1. The van der Waals surface area contributed by atoms with Gasteiger partial charge in [0, 0.05) is 36.3 Å². The van der Waals surface area contributed by atoms with Gasteiger partial charge in [-0.25, -0.2) is 9.37 Å². The van der Waals surface area contributed by atoms with E-state index in [1.165, 1.54) is 17.4 Å². The number of thiazole rings is 1. The molecule has 2 heterocycles. The molecule has 3 rings (SSSR count). The number of carbonyl (C=O) groups excluding carboxylic acids is 1. The highest BCUT2D eigenvalue weighted by atomic mass is 32.1. The Kier molecular flexibility index (Phi) is 3.70. The average molecular weight is 303 g/mol. The highest BCUT2D eigenvalue weighted by Crippen LogP contribution is 2.25. The molecule has 0 spiro atoms. The molecule has 1 N–H and O–H groups in total. The number of hydrogen-bond acceptors (Lipinski definition) is 3. The molecule has 0 atom stereocenters. The summed E-state index contributed by atoms with van der Waals surface area (Å²) in [6, 6.07) is 6.59. The minimum atomic E-state index is -0.282. The zero-order chi connectivity index (χ0) is 14.8. The third kappa shape index (κ3) is 2.67. The number of carbonyl (C=O) groups is 1. The maximum Gasteiger partial charge on any atom is 0.220 e. The van der Waals surface area contributed by atoms with E-state index >= 15 is 0 Å². The number of benzene rings is 1. The fourth-order valence-electron chi connectivity index (χ4n) is 2.17. The highest BCUT2D eigenvalue weighted by Gasteiger charge is 2.12. The van der Waals surface area contributed by atoms with Gasteiger partial charge in [0.2, 0.25) is 5.91 Å². The first-order valence-corrected chi connectivity index (χ1v) is 7.48. The molecule has 21 heavy (non-hydrogen) atoms. The van der Waals surface area contributed by atoms with Gasteiger partial charge < -0.3 is 5.32 Å². The molecule has 0 aliphatic rings. The lowest BCUT2D eigenvalue weighted by molar-refractivity contribution is -0.120. The summed E-state index contributed by atoms with van der Waals surface area (Å²) in [5.74, 6) is -0.279. The number of aromatic nitrogens is 2. The third-order valence-corrected chi connectivity index (χ3v) is 4.21. The number of fused-ring (bicyclic) bond motifs is 1. The Hall–Kier alpha value is -2.21. The van der Waals surface area contributed by atoms with Gasteiger partial charge >= 0.3 is 0 Å². The van der Waals surface area contributed by atoms with Gasteiger partial charge in [0.25, 0.3) is 0 Å². The maximum atomic E-state index is 13.8. The molecule has 3 aromatic rings. The molecule has 0 radical (unpaired) electrons. The number of nitrogens with zero attached hydrogens (tertiary/aromatic N) is 2. The number of amides is 1. The molecular weight excluding hydrogens is 289 g/mol. The van der Waals surface area contributed by atoms with Crippen molar-refractivity contribution < 1.29 is 9.18 Å². The van der Waals surface area contributed by atoms with E-state index < -0.39 is 0 Å². The normalized spacial score (nSPS) is 11.0. The first kappa shape index (κ1) is 13.8. The van der Waals surface area contributed by atoms with E-state index in [9.17, 15) is 9.18 Å². The van der Waals surface area contributed by atoms with Crippen LogP contribution in [0.3, 0.4) is 0 Å². The van der Waals surface area contributed by atoms with Crippen molar-refractivity contribution in [2.45, 2.75) is 12.8 Å². The van der Waals surface area contributed by atoms with Gasteiger partial charge in [0.1, 0.15) is 5.82 Å². The molecule has 1 aromatic carbocycles. The van der Waals surface area contributed by atoms with Gasteiger partial charge in [-0.3, -0.25) is 9.20 Å². The monoisotopic (exact) mass is 303 g/mol. The minimum Gasteiger partial charge on any atom is -0.359 e. The van der Waals surface area contributed by atoms with E-state index in [0.29, 0.717) is 24.1 Å². The Morgan fingerprint density at radius 1 is 1.43 bits per heavy atom. The summed E-state index contributed by atoms with van der Waals surface area (Å²) in [4.78, 5) is 16.6. The predicted octanol–water partition coefficient (Wildman–Crippen LogP) is 2.88. The maximum absolute atomic E-state index is 13.8. The van der Waals surface area contributed by atoms with E-state index in [2.05, 4.69) is 10.3 Å². The van der Waals surface area contributed by atoms with Crippen molar-refractivity contribution in [3.05, 3.63) is 47.4 Å². The van der Waals surface area contributed by atoms with Crippen LogP contribution in [0.4, 0.5) is 4.39 Å². The fraction of sp³-hybridized carbons (Fsp3) is 0.200. The molecule has 108 valence electrons. The van der Waals surface area contributed by atoms with Crippen molar-refractivity contribution in [3.8, 4) is 11.3 Å². The molecule has 4 nitrogen and oxygen atoms in total. The van der Waals surface area contributed by atoms with E-state index in [4.69, 9.17) is 0 Å². The van der Waals surface area contributed by atoms with E-state index in [0.717, 1.165) is 10.7 Å². The molecule has 6 heteroatoms. The predicted molar refractivity (Wildman–Crippen MR) is 80.9 cm³/mol. The highest BCUT2D eigenvalue weighted by molar-refractivity contribution is 7.15. The minimum absolute atomic E-state index is 0.00351. The lowest BCUT2D eigenvalue weighted by Crippen LogP contribution is -2.18. The SMILES string of the molecule is CNC(=O)CCc1csc2nc(-c3ccccc3F)cn12. The number of hydrogen-bond donors (Lipinski definition) is 1. The zero-order valence-electron chi connectivity index (χ0n) is 11.5. The molecule has 0 unspecified atom stereocenters. The van der Waals surface area contributed by atoms with Crippen molar-refractivity contribution in [2.24, 2.45) is 0 Å². The van der Waals surface area contributed by atoms with Crippen LogP contribution in [0.15, 0.2) is 35.8 Å². The van der Waals surface area contributed by atoms with Crippen LogP contribution in [0.1, 0.15) is 12.1 Å². The van der Waals surface area contributed by atoms with Gasteiger partial charge in [-0.1, -0.05) is 12.1 Å². The number of imidazole rings is 1. The van der Waals surface area contributed by atoms with Crippen molar-refractivity contribution >= 4 is 22.2 Å². The van der Waals surface area contributed by atoms with Crippen LogP contribution < -0.4 is 5.32 Å². The Labute approximate surface area is 125 Å². The standard InChI is InChI=1S/C15H14FN3OS/c1-17-14(20)7-6-10-9-21-15-18-13(8-19(10)15)11-4-2-3-5-12(11)16/h2-5,8-9H,6-7H2,1H3,(H,17,20). The molecule has 0 saturated carbocycles. The van der Waals surface area contributed by atoms with Gasteiger partial charge in [0.15, 0.2) is 4.96 Å². The average Bonchev–Trinajstić information content (AvgIpc) is 3.06. The fourth-order valence-corrected chi connectivity index (χ4v) is 3.08. The van der Waals surface area contributed by atoms with Crippen LogP contribution in [0.25, 0.3) is 16.2 Å². The van der Waals surface area contributed by atoms with Crippen molar-refractivity contribution in [1.82, 2.24) is 14.7 Å². The van der Waals surface area contributed by atoms with Gasteiger partial charge in [-0.05, 0) is 18.6 Å². The number of halogens is 1. The van der Waals surface area contributed by atoms with Gasteiger partial charge in [0.05, 0.1) is 5.69 Å². The molecular formula is C15H14FN3OS. The Morgan fingerprint density at radius 2 is 2.24 bits per heavy atom. The van der Waals surface area contributed by atoms with Gasteiger partial charge in [-0.2, -0.15) is 0 Å². The summed E-state index contributed by atoms with van der Waals surface area (Å²) in [6.07, 6.45) is 2.88. The lowest BCUT2D eigenvalue weighted by atomic mass is 10.1. The Morgan fingerprint density at radius 3 is 3.00 bits per heavy atom. The second-order valence-electron chi connectivity index (χ2n) is 4.66. The Bertz CT molecular complexity index is 793. The van der Waals surface area contributed by atoms with E-state index in [-0.39, 0.29) is 11.7 Å². The molecule has 0 fully saturated rings. The second kappa shape index (κ2) is 5.65. The quantitative estimate of drug-likeness (QED) is 0.805. The van der Waals surface area contributed by atoms with Crippen LogP contribution in [0.2, 0.25) is 0 Å². The van der Waals surface area contributed by atoms with Crippen LogP contribution in [-0.4, -0.2) is 22.3 Å². The molecule has 0 saturated heterocycles. The first-order valence-electron chi connectivity index (χ1n) is 6.60. The van der Waals surface area contributed by atoms with E-state index in [1.54, 1.807) is 25.2 Å². The summed E-state index contributed by atoms with van der Waals surface area (Å²) in [5.41, 5.74) is 2.11. The third-order valence-electron chi connectivity index (χ3n) is 3.32. The van der Waals surface area contributed by atoms with Crippen LogP contribution in [0, 0.1) is 5.82 Å². The summed E-state index contributed by atoms with van der Waals surface area (Å²) in [5, 5.41) is 4.59. The van der Waals surface area contributed by atoms with Crippen molar-refractivity contribution in [2.75, 3.05) is 7.05 Å². The summed E-state index contributed by atoms with van der Waals surface area (Å²) in [7, 11) is 1.62. The largest absolute Gasteiger partial charge is 0.359 e. The van der Waals surface area contributed by atoms with Crippen LogP contribution >= 0.6 is 11.3 Å². The summed E-state index contributed by atoms with van der Waals surface area (Å²) < 4.78 is 15.7. The van der Waals surface area contributed by atoms with Crippen molar-refractivity contribution in [1.29, 1.82) is 0 Å². The lowest BCUT2D eigenvalue weighted by Gasteiger charge is -1.99. The Balaban J connectivity index is 1.93. The number of nitrogens with one attached hydrogen (secondary N) is 1. The number of rotatable bonds is 4. The smallest absolute Gasteiger partial charge is 0.220 e. The molecule has 0 aliphatic carbocycles. The molecule has 0 bridgehead atoms. The zero-order valence-corrected chi connectivity index (χ0v) is 12.3. The summed E-state index contributed by atoms with van der Waals surface area (Å²) >= 11 is 1.49. The molecule has 0 aliphatic heterocycles. The molecule has 1 amide bonds. The van der Waals surface area contributed by atoms with Crippen molar-refractivity contribution in [3.63, 3.8) is 0 Å². The van der Waals surface area contributed by atoms with Crippen LogP contribution in [-0.2, 0) is 11.2 Å².